The second kappa shape index (κ2) is 9.02. The van der Waals surface area contributed by atoms with E-state index in [2.05, 4.69) is 29.7 Å². The van der Waals surface area contributed by atoms with Gasteiger partial charge in [0.1, 0.15) is 5.75 Å². The van der Waals surface area contributed by atoms with E-state index in [4.69, 9.17) is 4.74 Å². The highest BCUT2D eigenvalue weighted by Crippen LogP contribution is 2.12. The average molecular weight is 236 g/mol. The Kier molecular flexibility index (Phi) is 7.43. The first-order valence-corrected chi connectivity index (χ1v) is 6.41. The molecule has 0 unspecified atom stereocenters. The molecule has 0 fully saturated rings. The van der Waals surface area contributed by atoms with Crippen molar-refractivity contribution in [2.75, 3.05) is 33.3 Å². The zero-order valence-corrected chi connectivity index (χ0v) is 11.0. The number of nitrogens with one attached hydrogen (secondary N) is 2. The smallest absolute Gasteiger partial charge is 0.119 e. The van der Waals surface area contributed by atoms with Gasteiger partial charge in [0.25, 0.3) is 0 Å². The van der Waals surface area contributed by atoms with Gasteiger partial charge >= 0.3 is 0 Å². The third kappa shape index (κ3) is 6.29. The number of rotatable bonds is 9. The predicted octanol–water partition coefficient (Wildman–Crippen LogP) is 1.83. The van der Waals surface area contributed by atoms with E-state index in [1.807, 2.05) is 12.1 Å². The summed E-state index contributed by atoms with van der Waals surface area (Å²) in [6.45, 7) is 6.39. The number of benzene rings is 1. The van der Waals surface area contributed by atoms with Crippen molar-refractivity contribution >= 4 is 0 Å². The normalized spacial score (nSPS) is 10.5. The molecule has 0 aromatic heterocycles. The summed E-state index contributed by atoms with van der Waals surface area (Å²) >= 11 is 0. The maximum atomic E-state index is 5.20. The van der Waals surface area contributed by atoms with Crippen LogP contribution in [0.4, 0.5) is 0 Å². The molecule has 1 rings (SSSR count). The molecule has 0 bridgehead atoms. The molecule has 17 heavy (non-hydrogen) atoms. The summed E-state index contributed by atoms with van der Waals surface area (Å²) in [6, 6.07) is 8.25. The standard InChI is InChI=1S/C14H24N2O/c1-3-8-15-10-11-16-9-7-13-5-4-6-14(12-13)17-2/h4-6,12,15-16H,3,7-11H2,1-2H3. The summed E-state index contributed by atoms with van der Waals surface area (Å²) in [6.07, 6.45) is 2.24. The zero-order valence-electron chi connectivity index (χ0n) is 11.0. The van der Waals surface area contributed by atoms with E-state index in [9.17, 15) is 0 Å². The molecule has 0 atom stereocenters. The van der Waals surface area contributed by atoms with Gasteiger partial charge in [0.15, 0.2) is 0 Å². The van der Waals surface area contributed by atoms with Gasteiger partial charge in [0.2, 0.25) is 0 Å². The topological polar surface area (TPSA) is 33.3 Å². The third-order valence-electron chi connectivity index (χ3n) is 2.63. The summed E-state index contributed by atoms with van der Waals surface area (Å²) in [7, 11) is 1.71. The number of methoxy groups -OCH3 is 1. The Labute approximate surface area is 105 Å². The van der Waals surface area contributed by atoms with E-state index in [-0.39, 0.29) is 0 Å². The molecule has 0 saturated carbocycles. The molecule has 0 heterocycles. The van der Waals surface area contributed by atoms with Gasteiger partial charge in [-0.15, -0.1) is 0 Å². The van der Waals surface area contributed by atoms with Crippen molar-refractivity contribution < 1.29 is 4.74 Å². The van der Waals surface area contributed by atoms with Crippen molar-refractivity contribution in [1.82, 2.24) is 10.6 Å². The molecular formula is C14H24N2O. The zero-order chi connectivity index (χ0) is 12.3. The summed E-state index contributed by atoms with van der Waals surface area (Å²) < 4.78 is 5.20. The van der Waals surface area contributed by atoms with Gasteiger partial charge in [-0.2, -0.15) is 0 Å². The predicted molar refractivity (Wildman–Crippen MR) is 72.7 cm³/mol. The van der Waals surface area contributed by atoms with E-state index in [0.717, 1.165) is 38.3 Å². The van der Waals surface area contributed by atoms with Gasteiger partial charge in [0, 0.05) is 13.1 Å². The first-order valence-electron chi connectivity index (χ1n) is 6.41. The lowest BCUT2D eigenvalue weighted by atomic mass is 10.1. The summed E-state index contributed by atoms with van der Waals surface area (Å²) in [5.41, 5.74) is 1.32. The van der Waals surface area contributed by atoms with Crippen molar-refractivity contribution in [2.45, 2.75) is 19.8 Å². The fourth-order valence-electron chi connectivity index (χ4n) is 1.66. The molecule has 0 radical (unpaired) electrons. The molecule has 0 aliphatic rings. The molecule has 0 aliphatic heterocycles. The van der Waals surface area contributed by atoms with Crippen LogP contribution in [0.1, 0.15) is 18.9 Å². The molecule has 0 amide bonds. The number of hydrogen-bond acceptors (Lipinski definition) is 3. The molecule has 3 heteroatoms. The highest BCUT2D eigenvalue weighted by atomic mass is 16.5. The van der Waals surface area contributed by atoms with Crippen LogP contribution in [0.5, 0.6) is 5.75 Å². The number of hydrogen-bond donors (Lipinski definition) is 2. The lowest BCUT2D eigenvalue weighted by molar-refractivity contribution is 0.414. The number of ether oxygens (including phenoxy) is 1. The van der Waals surface area contributed by atoms with Crippen LogP contribution >= 0.6 is 0 Å². The van der Waals surface area contributed by atoms with E-state index >= 15 is 0 Å². The van der Waals surface area contributed by atoms with E-state index in [1.165, 1.54) is 12.0 Å². The minimum atomic E-state index is 0.937. The van der Waals surface area contributed by atoms with E-state index < -0.39 is 0 Å². The minimum Gasteiger partial charge on any atom is -0.497 e. The third-order valence-corrected chi connectivity index (χ3v) is 2.63. The fourth-order valence-corrected chi connectivity index (χ4v) is 1.66. The Morgan fingerprint density at radius 2 is 1.82 bits per heavy atom. The monoisotopic (exact) mass is 236 g/mol. The van der Waals surface area contributed by atoms with Crippen molar-refractivity contribution in [1.29, 1.82) is 0 Å². The summed E-state index contributed by atoms with van der Waals surface area (Å²) in [5.74, 6) is 0.937. The maximum absolute atomic E-state index is 5.20. The van der Waals surface area contributed by atoms with Crippen LogP contribution < -0.4 is 15.4 Å². The van der Waals surface area contributed by atoms with Crippen LogP contribution in [0.15, 0.2) is 24.3 Å². The van der Waals surface area contributed by atoms with Gasteiger partial charge in [-0.25, -0.2) is 0 Å². The van der Waals surface area contributed by atoms with Gasteiger partial charge < -0.3 is 15.4 Å². The SMILES string of the molecule is CCCNCCNCCc1cccc(OC)c1. The molecule has 96 valence electrons. The molecule has 3 nitrogen and oxygen atoms in total. The average Bonchev–Trinajstić information content (AvgIpc) is 2.38. The molecule has 0 saturated heterocycles. The first-order chi connectivity index (χ1) is 8.36. The van der Waals surface area contributed by atoms with Gasteiger partial charge in [-0.05, 0) is 43.6 Å². The van der Waals surface area contributed by atoms with Crippen LogP contribution in [0, 0.1) is 0 Å². The van der Waals surface area contributed by atoms with E-state index in [1.54, 1.807) is 7.11 Å². The molecule has 0 aliphatic carbocycles. The molecule has 0 spiro atoms. The Balaban J connectivity index is 2.09. The van der Waals surface area contributed by atoms with E-state index in [0.29, 0.717) is 0 Å². The van der Waals surface area contributed by atoms with Crippen LogP contribution in [-0.4, -0.2) is 33.3 Å². The minimum absolute atomic E-state index is 0.937. The second-order valence-corrected chi connectivity index (χ2v) is 4.10. The fraction of sp³-hybridized carbons (Fsp3) is 0.571. The summed E-state index contributed by atoms with van der Waals surface area (Å²) in [5, 5.41) is 6.80. The lowest BCUT2D eigenvalue weighted by Gasteiger charge is -2.07. The van der Waals surface area contributed by atoms with Crippen LogP contribution in [-0.2, 0) is 6.42 Å². The first kappa shape index (κ1) is 14.0. The Morgan fingerprint density at radius 3 is 2.53 bits per heavy atom. The quantitative estimate of drug-likeness (QED) is 0.642. The van der Waals surface area contributed by atoms with Crippen molar-refractivity contribution in [2.24, 2.45) is 0 Å². The van der Waals surface area contributed by atoms with Crippen LogP contribution in [0.3, 0.4) is 0 Å². The molecule has 2 N–H and O–H groups in total. The highest BCUT2D eigenvalue weighted by Gasteiger charge is 1.95. The maximum Gasteiger partial charge on any atom is 0.119 e. The second-order valence-electron chi connectivity index (χ2n) is 4.10. The highest BCUT2D eigenvalue weighted by molar-refractivity contribution is 5.28. The molecule has 1 aromatic carbocycles. The van der Waals surface area contributed by atoms with Crippen molar-refractivity contribution in [3.63, 3.8) is 0 Å². The lowest BCUT2D eigenvalue weighted by Crippen LogP contribution is -2.29. The largest absolute Gasteiger partial charge is 0.497 e. The van der Waals surface area contributed by atoms with Crippen molar-refractivity contribution in [3.8, 4) is 5.75 Å². The van der Waals surface area contributed by atoms with Gasteiger partial charge in [-0.1, -0.05) is 19.1 Å². The van der Waals surface area contributed by atoms with Gasteiger partial charge in [0.05, 0.1) is 7.11 Å². The Bertz CT molecular complexity index is 302. The molecular weight excluding hydrogens is 212 g/mol. The Morgan fingerprint density at radius 1 is 1.06 bits per heavy atom. The van der Waals surface area contributed by atoms with Crippen LogP contribution in [0.25, 0.3) is 0 Å². The Hall–Kier alpha value is -1.06. The molecule has 1 aromatic rings. The summed E-state index contributed by atoms with van der Waals surface area (Å²) in [4.78, 5) is 0. The van der Waals surface area contributed by atoms with Gasteiger partial charge in [-0.3, -0.25) is 0 Å². The van der Waals surface area contributed by atoms with Crippen molar-refractivity contribution in [3.05, 3.63) is 29.8 Å². The van der Waals surface area contributed by atoms with Crippen LogP contribution in [0.2, 0.25) is 0 Å².